The predicted molar refractivity (Wildman–Crippen MR) is 243 cm³/mol. The van der Waals surface area contributed by atoms with Crippen molar-refractivity contribution >= 4 is 11.9 Å². The lowest BCUT2D eigenvalue weighted by atomic mass is 9.43. The molecule has 0 bridgehead atoms. The van der Waals surface area contributed by atoms with Gasteiger partial charge in [-0.05, 0) is 104 Å². The van der Waals surface area contributed by atoms with Crippen molar-refractivity contribution in [2.24, 2.45) is 45.3 Å². The fourth-order valence-electron chi connectivity index (χ4n) is 14.3. The van der Waals surface area contributed by atoms with E-state index in [0.29, 0.717) is 43.9 Å². The van der Waals surface area contributed by atoms with Gasteiger partial charge in [-0.3, -0.25) is 9.59 Å². The van der Waals surface area contributed by atoms with Gasteiger partial charge in [0.15, 0.2) is 18.9 Å². The van der Waals surface area contributed by atoms with Gasteiger partial charge in [-0.25, -0.2) is 0 Å². The van der Waals surface area contributed by atoms with E-state index in [-0.39, 0.29) is 17.3 Å². The van der Waals surface area contributed by atoms with Gasteiger partial charge >= 0.3 is 5.97 Å². The third-order valence-corrected chi connectivity index (χ3v) is 18.4. The lowest BCUT2D eigenvalue weighted by molar-refractivity contribution is -0.389. The maximum atomic E-state index is 13.9. The van der Waals surface area contributed by atoms with Crippen LogP contribution in [0.4, 0.5) is 0 Å². The van der Waals surface area contributed by atoms with E-state index in [2.05, 4.69) is 60.4 Å². The number of nitrogens with one attached hydrogen (secondary N) is 1. The molecule has 388 valence electrons. The number of carboxylic acids is 1. The van der Waals surface area contributed by atoms with Crippen molar-refractivity contribution in [2.45, 2.75) is 212 Å². The summed E-state index contributed by atoms with van der Waals surface area (Å²) in [5.41, 5.74) is 1.25. The first-order chi connectivity index (χ1) is 31.9. The molecule has 1 amide bonds. The Balaban J connectivity index is 1.20. The van der Waals surface area contributed by atoms with Crippen LogP contribution in [0.3, 0.4) is 0 Å². The molecule has 7 aliphatic rings. The fraction of sp³-hybridized carbons (Fsp3) is 0.880. The van der Waals surface area contributed by atoms with Crippen LogP contribution in [0.2, 0.25) is 0 Å². The molecule has 0 radical (unpaired) electrons. The first-order valence-electron chi connectivity index (χ1n) is 25.0. The molecule has 0 aromatic heterocycles. The van der Waals surface area contributed by atoms with Crippen molar-refractivity contribution < 1.29 is 84.0 Å². The van der Waals surface area contributed by atoms with Crippen molar-refractivity contribution in [3.8, 4) is 0 Å². The third-order valence-electron chi connectivity index (χ3n) is 18.4. The van der Waals surface area contributed by atoms with Crippen LogP contribution < -0.4 is 5.32 Å². The topological polar surface area (TPSA) is 284 Å². The van der Waals surface area contributed by atoms with E-state index in [1.807, 2.05) is 0 Å². The maximum absolute atomic E-state index is 13.9. The highest BCUT2D eigenvalue weighted by atomic mass is 16.8. The molecule has 21 unspecified atom stereocenters. The lowest BCUT2D eigenvalue weighted by Gasteiger charge is -2.62. The highest BCUT2D eigenvalue weighted by Gasteiger charge is 2.69. The number of allylic oxidation sites excluding steroid dienone is 2. The van der Waals surface area contributed by atoms with E-state index in [0.717, 1.165) is 37.7 Å². The van der Waals surface area contributed by atoms with Gasteiger partial charge in [0, 0.05) is 6.92 Å². The number of carbonyl (C=O) groups excluding carboxylic acids is 1. The van der Waals surface area contributed by atoms with Gasteiger partial charge in [0.05, 0.1) is 31.3 Å². The summed E-state index contributed by atoms with van der Waals surface area (Å²) in [4.78, 5) is 26.4. The molecule has 0 aromatic carbocycles. The lowest BCUT2D eigenvalue weighted by Crippen LogP contribution is -2.69. The summed E-state index contributed by atoms with van der Waals surface area (Å²) in [5, 5.41) is 100. The van der Waals surface area contributed by atoms with Crippen molar-refractivity contribution in [1.82, 2.24) is 5.32 Å². The number of amides is 1. The molecule has 4 aliphatic carbocycles. The van der Waals surface area contributed by atoms with Crippen LogP contribution in [-0.4, -0.2) is 170 Å². The zero-order valence-corrected chi connectivity index (χ0v) is 41.2. The Morgan fingerprint density at radius 1 is 0.765 bits per heavy atom. The molecule has 18 heteroatoms. The maximum Gasteiger partial charge on any atom is 0.314 e. The Morgan fingerprint density at radius 2 is 1.41 bits per heavy atom. The van der Waals surface area contributed by atoms with Crippen LogP contribution in [0.5, 0.6) is 0 Å². The Bertz CT molecular complexity index is 1860. The van der Waals surface area contributed by atoms with Crippen molar-refractivity contribution in [3.63, 3.8) is 0 Å². The summed E-state index contributed by atoms with van der Waals surface area (Å²) >= 11 is 0. The van der Waals surface area contributed by atoms with Crippen LogP contribution >= 0.6 is 0 Å². The van der Waals surface area contributed by atoms with Crippen molar-refractivity contribution in [2.75, 3.05) is 19.8 Å². The van der Waals surface area contributed by atoms with Gasteiger partial charge in [-0.2, -0.15) is 0 Å². The molecule has 18 nitrogen and oxygen atoms in total. The van der Waals surface area contributed by atoms with Crippen molar-refractivity contribution in [3.05, 3.63) is 23.3 Å². The Labute approximate surface area is 400 Å². The summed E-state index contributed by atoms with van der Waals surface area (Å²) in [6.07, 6.45) is -13.8. The molecule has 0 spiro atoms. The normalized spacial score (nSPS) is 46.3. The number of fused-ring (bicyclic) bond motifs is 4. The van der Waals surface area contributed by atoms with Gasteiger partial charge in [0.1, 0.15) is 67.1 Å². The van der Waals surface area contributed by atoms with Crippen molar-refractivity contribution in [1.29, 1.82) is 0 Å². The van der Waals surface area contributed by atoms with E-state index >= 15 is 0 Å². The largest absolute Gasteiger partial charge is 0.481 e. The molecule has 0 aromatic rings. The fourth-order valence-corrected chi connectivity index (χ4v) is 14.3. The molecule has 2 saturated carbocycles. The number of carboxylic acid groups (broad SMARTS) is 1. The molecule has 21 atom stereocenters. The number of ether oxygens (including phenoxy) is 6. The monoisotopic (exact) mass is 968 g/mol. The number of aliphatic hydroxyl groups excluding tert-OH is 8. The highest BCUT2D eigenvalue weighted by Crippen LogP contribution is 2.73. The standard InChI is InChI=1S/C50H81NO17/c1-23(2)24(3)10-11-25(4)27-15-19-50(46(61)62)29-12-13-33-47(6,7)34(16-17-48(33,8)28(29)14-18-49(27,50)9)66-45-42(68-43-35(51-26(5)54)39(59)37(57)31(20-52)64-43)41(38(58)32(21-53)65-45)67-44-40(60)36(56)30(55)22-63-44/h23,25,27,30-45,52-53,55-60H,3,10-22H2,1-2,4-9H3,(H,51,54)(H,61,62). The summed E-state index contributed by atoms with van der Waals surface area (Å²) in [6, 6.07) is -1.43. The van der Waals surface area contributed by atoms with Crippen LogP contribution in [0.15, 0.2) is 23.3 Å². The molecular weight excluding hydrogens is 887 g/mol. The first kappa shape index (κ1) is 53.7. The van der Waals surface area contributed by atoms with E-state index in [9.17, 15) is 55.5 Å². The first-order valence-corrected chi connectivity index (χ1v) is 25.0. The smallest absolute Gasteiger partial charge is 0.314 e. The number of rotatable bonds is 15. The van der Waals surface area contributed by atoms with Gasteiger partial charge in [-0.1, -0.05) is 71.8 Å². The van der Waals surface area contributed by atoms with E-state index < -0.39 is 140 Å². The molecule has 5 fully saturated rings. The molecule has 3 heterocycles. The van der Waals surface area contributed by atoms with E-state index in [4.69, 9.17) is 28.4 Å². The predicted octanol–water partition coefficient (Wildman–Crippen LogP) is 2.05. The molecule has 3 saturated heterocycles. The van der Waals surface area contributed by atoms with Gasteiger partial charge in [-0.15, -0.1) is 0 Å². The molecular formula is C50H81NO17. The Kier molecular flexibility index (Phi) is 16.1. The third kappa shape index (κ3) is 9.17. The van der Waals surface area contributed by atoms with Crippen LogP contribution in [0, 0.1) is 45.3 Å². The minimum absolute atomic E-state index is 0.0154. The molecule has 10 N–H and O–H groups in total. The molecule has 3 aliphatic heterocycles. The van der Waals surface area contributed by atoms with Crippen LogP contribution in [0.1, 0.15) is 120 Å². The number of aliphatic hydroxyl groups is 8. The molecule has 7 rings (SSSR count). The van der Waals surface area contributed by atoms with Crippen LogP contribution in [0.25, 0.3) is 0 Å². The number of hydrogen-bond donors (Lipinski definition) is 10. The van der Waals surface area contributed by atoms with E-state index in [1.165, 1.54) is 18.1 Å². The average Bonchev–Trinajstić information content (AvgIpc) is 3.61. The summed E-state index contributed by atoms with van der Waals surface area (Å²) < 4.78 is 37.5. The van der Waals surface area contributed by atoms with E-state index in [1.54, 1.807) is 0 Å². The Morgan fingerprint density at radius 3 is 2.04 bits per heavy atom. The second-order valence-electron chi connectivity index (χ2n) is 22.7. The highest BCUT2D eigenvalue weighted by molar-refractivity contribution is 5.82. The average molecular weight is 968 g/mol. The minimum atomic E-state index is -1.80. The van der Waals surface area contributed by atoms with Gasteiger partial charge in [0.25, 0.3) is 0 Å². The zero-order valence-electron chi connectivity index (χ0n) is 41.2. The van der Waals surface area contributed by atoms with Gasteiger partial charge in [0.2, 0.25) is 5.91 Å². The minimum Gasteiger partial charge on any atom is -0.481 e. The second-order valence-corrected chi connectivity index (χ2v) is 22.7. The van der Waals surface area contributed by atoms with Crippen LogP contribution in [-0.2, 0) is 38.0 Å². The SMILES string of the molecule is C=C(CCC(C)C1CCC2(C(=O)O)C3=C(CCC12C)C1(C)CCC(OC2OC(CO)C(O)C(OC4OCC(O)C(O)C4O)C2OC2OC(CO)C(O)C(O)C2NC(C)=O)C(C)(C)C1CC3)C(C)C. The summed E-state index contributed by atoms with van der Waals surface area (Å²) in [5.74, 6) is -0.318. The Hall–Kier alpha value is -2.14. The number of carbonyl (C=O) groups is 2. The summed E-state index contributed by atoms with van der Waals surface area (Å²) in [6.45, 7) is 19.0. The second kappa shape index (κ2) is 20.4. The zero-order chi connectivity index (χ0) is 50.0. The van der Waals surface area contributed by atoms with Gasteiger partial charge < -0.3 is 79.7 Å². The summed E-state index contributed by atoms with van der Waals surface area (Å²) in [7, 11) is 0. The number of hydrogen-bond acceptors (Lipinski definition) is 16. The molecule has 68 heavy (non-hydrogen) atoms. The number of aliphatic carboxylic acids is 1. The quantitative estimate of drug-likeness (QED) is 0.105.